The van der Waals surface area contributed by atoms with Crippen molar-refractivity contribution in [2.24, 2.45) is 0 Å². The van der Waals surface area contributed by atoms with Gasteiger partial charge in [-0.1, -0.05) is 29.8 Å². The van der Waals surface area contributed by atoms with Gasteiger partial charge in [-0.25, -0.2) is 4.98 Å². The van der Waals surface area contributed by atoms with E-state index in [4.69, 9.17) is 11.6 Å². The molecule has 76 valence electrons. The summed E-state index contributed by atoms with van der Waals surface area (Å²) in [5.41, 5.74) is 0.965. The topological polar surface area (TPSA) is 24.9 Å². The lowest BCUT2D eigenvalue weighted by Gasteiger charge is -2.07. The molecular formula is C11H8BrClN2. The summed E-state index contributed by atoms with van der Waals surface area (Å²) in [6.45, 7) is 0. The Labute approximate surface area is 101 Å². The summed E-state index contributed by atoms with van der Waals surface area (Å²) >= 11 is 9.24. The second-order valence-corrected chi connectivity index (χ2v) is 4.19. The molecule has 0 saturated heterocycles. The van der Waals surface area contributed by atoms with E-state index >= 15 is 0 Å². The van der Waals surface area contributed by atoms with Crippen molar-refractivity contribution < 1.29 is 0 Å². The molecule has 0 bridgehead atoms. The molecule has 0 fully saturated rings. The first-order chi connectivity index (χ1) is 7.25. The van der Waals surface area contributed by atoms with Crippen LogP contribution in [0.4, 0.5) is 11.5 Å². The maximum atomic E-state index is 5.79. The molecule has 0 aliphatic carbocycles. The van der Waals surface area contributed by atoms with Crippen molar-refractivity contribution in [2.45, 2.75) is 0 Å². The van der Waals surface area contributed by atoms with Gasteiger partial charge in [-0.15, -0.1) is 0 Å². The molecule has 1 aromatic heterocycles. The number of benzene rings is 1. The van der Waals surface area contributed by atoms with Gasteiger partial charge in [0.2, 0.25) is 0 Å². The van der Waals surface area contributed by atoms with Crippen molar-refractivity contribution in [1.29, 1.82) is 0 Å². The van der Waals surface area contributed by atoms with Crippen LogP contribution in [0.3, 0.4) is 0 Å². The third-order valence-electron chi connectivity index (χ3n) is 1.85. The van der Waals surface area contributed by atoms with Crippen molar-refractivity contribution in [3.8, 4) is 0 Å². The van der Waals surface area contributed by atoms with Crippen molar-refractivity contribution >= 4 is 39.0 Å². The number of rotatable bonds is 2. The Hall–Kier alpha value is -1.06. The molecule has 0 amide bonds. The lowest BCUT2D eigenvalue weighted by atomic mass is 10.3. The monoisotopic (exact) mass is 282 g/mol. The predicted molar refractivity (Wildman–Crippen MR) is 66.7 cm³/mol. The van der Waals surface area contributed by atoms with Gasteiger partial charge in [0.1, 0.15) is 11.0 Å². The standard InChI is InChI=1S/C11H8BrClN2/c12-8-4-1-2-5-9(8)14-11-7-3-6-10(13)15-11/h1-7H,(H,14,15). The zero-order valence-corrected chi connectivity index (χ0v) is 10.1. The second kappa shape index (κ2) is 4.64. The zero-order chi connectivity index (χ0) is 10.7. The lowest BCUT2D eigenvalue weighted by Crippen LogP contribution is -1.93. The van der Waals surface area contributed by atoms with E-state index in [1.54, 1.807) is 6.07 Å². The van der Waals surface area contributed by atoms with Gasteiger partial charge in [-0.05, 0) is 40.2 Å². The quantitative estimate of drug-likeness (QED) is 0.834. The van der Waals surface area contributed by atoms with E-state index < -0.39 is 0 Å². The molecule has 0 atom stereocenters. The molecule has 1 heterocycles. The number of anilines is 2. The summed E-state index contributed by atoms with van der Waals surface area (Å²) in [4.78, 5) is 4.14. The van der Waals surface area contributed by atoms with E-state index in [-0.39, 0.29) is 0 Å². The van der Waals surface area contributed by atoms with Gasteiger partial charge in [0.25, 0.3) is 0 Å². The van der Waals surface area contributed by atoms with Crippen molar-refractivity contribution in [3.05, 3.63) is 52.1 Å². The normalized spacial score (nSPS) is 10.0. The van der Waals surface area contributed by atoms with Gasteiger partial charge in [0, 0.05) is 4.47 Å². The number of nitrogens with one attached hydrogen (secondary N) is 1. The van der Waals surface area contributed by atoms with Crippen molar-refractivity contribution in [3.63, 3.8) is 0 Å². The third-order valence-corrected chi connectivity index (χ3v) is 2.75. The average Bonchev–Trinajstić information content (AvgIpc) is 2.22. The minimum Gasteiger partial charge on any atom is -0.339 e. The van der Waals surface area contributed by atoms with E-state index in [0.717, 1.165) is 16.0 Å². The number of halogens is 2. The number of hydrogen-bond acceptors (Lipinski definition) is 2. The lowest BCUT2D eigenvalue weighted by molar-refractivity contribution is 1.30. The molecule has 1 N–H and O–H groups in total. The highest BCUT2D eigenvalue weighted by molar-refractivity contribution is 9.10. The maximum Gasteiger partial charge on any atom is 0.132 e. The molecule has 0 radical (unpaired) electrons. The summed E-state index contributed by atoms with van der Waals surface area (Å²) < 4.78 is 0.992. The Bertz CT molecular complexity index is 474. The largest absolute Gasteiger partial charge is 0.339 e. The molecule has 0 aliphatic heterocycles. The average molecular weight is 284 g/mol. The first kappa shape index (κ1) is 10.5. The number of hydrogen-bond donors (Lipinski definition) is 1. The molecule has 0 unspecified atom stereocenters. The van der Waals surface area contributed by atoms with Crippen LogP contribution in [0.5, 0.6) is 0 Å². The summed E-state index contributed by atoms with van der Waals surface area (Å²) in [7, 11) is 0. The van der Waals surface area contributed by atoms with Gasteiger partial charge in [0.05, 0.1) is 5.69 Å². The second-order valence-electron chi connectivity index (χ2n) is 2.95. The fourth-order valence-corrected chi connectivity index (χ4v) is 1.73. The predicted octanol–water partition coefficient (Wildman–Crippen LogP) is 4.24. The highest BCUT2D eigenvalue weighted by Gasteiger charge is 1.99. The zero-order valence-electron chi connectivity index (χ0n) is 7.74. The van der Waals surface area contributed by atoms with Crippen LogP contribution in [0, 0.1) is 0 Å². The van der Waals surface area contributed by atoms with E-state index in [1.165, 1.54) is 0 Å². The molecule has 1 aromatic carbocycles. The smallest absolute Gasteiger partial charge is 0.132 e. The van der Waals surface area contributed by atoms with Crippen molar-refractivity contribution in [2.75, 3.05) is 5.32 Å². The molecule has 0 spiro atoms. The summed E-state index contributed by atoms with van der Waals surface area (Å²) in [5, 5.41) is 3.65. The van der Waals surface area contributed by atoms with Crippen LogP contribution in [0.2, 0.25) is 5.15 Å². The minimum atomic E-state index is 0.479. The molecule has 2 rings (SSSR count). The maximum absolute atomic E-state index is 5.79. The Kier molecular flexibility index (Phi) is 3.23. The summed E-state index contributed by atoms with van der Waals surface area (Å²) in [6, 6.07) is 13.3. The van der Waals surface area contributed by atoms with Crippen LogP contribution < -0.4 is 5.32 Å². The molecule has 0 aliphatic rings. The van der Waals surface area contributed by atoms with E-state index in [1.807, 2.05) is 36.4 Å². The summed E-state index contributed by atoms with van der Waals surface area (Å²) in [5.74, 6) is 0.731. The first-order valence-corrected chi connectivity index (χ1v) is 5.57. The van der Waals surface area contributed by atoms with Gasteiger partial charge >= 0.3 is 0 Å². The number of para-hydroxylation sites is 1. The molecule has 15 heavy (non-hydrogen) atoms. The SMILES string of the molecule is Clc1cccc(Nc2ccccc2Br)n1. The Balaban J connectivity index is 2.26. The highest BCUT2D eigenvalue weighted by atomic mass is 79.9. The van der Waals surface area contributed by atoms with E-state index in [9.17, 15) is 0 Å². The fourth-order valence-electron chi connectivity index (χ4n) is 1.18. The first-order valence-electron chi connectivity index (χ1n) is 4.40. The van der Waals surface area contributed by atoms with Crippen LogP contribution in [0.1, 0.15) is 0 Å². The van der Waals surface area contributed by atoms with E-state index in [2.05, 4.69) is 26.2 Å². The minimum absolute atomic E-state index is 0.479. The Morgan fingerprint density at radius 3 is 2.60 bits per heavy atom. The summed E-state index contributed by atoms with van der Waals surface area (Å²) in [6.07, 6.45) is 0. The van der Waals surface area contributed by atoms with Crippen LogP contribution >= 0.6 is 27.5 Å². The molecule has 4 heteroatoms. The van der Waals surface area contributed by atoms with Gasteiger partial charge < -0.3 is 5.32 Å². The molecule has 0 saturated carbocycles. The van der Waals surface area contributed by atoms with Gasteiger partial charge in [-0.3, -0.25) is 0 Å². The van der Waals surface area contributed by atoms with Crippen LogP contribution in [0.15, 0.2) is 46.9 Å². The number of pyridine rings is 1. The van der Waals surface area contributed by atoms with Gasteiger partial charge in [0.15, 0.2) is 0 Å². The molecule has 2 aromatic rings. The molecular weight excluding hydrogens is 275 g/mol. The Morgan fingerprint density at radius 2 is 1.87 bits per heavy atom. The third kappa shape index (κ3) is 2.70. The fraction of sp³-hybridized carbons (Fsp3) is 0. The van der Waals surface area contributed by atoms with E-state index in [0.29, 0.717) is 5.15 Å². The Morgan fingerprint density at radius 1 is 1.07 bits per heavy atom. The van der Waals surface area contributed by atoms with Crippen LogP contribution in [-0.2, 0) is 0 Å². The van der Waals surface area contributed by atoms with Crippen LogP contribution in [0.25, 0.3) is 0 Å². The van der Waals surface area contributed by atoms with Crippen molar-refractivity contribution in [1.82, 2.24) is 4.98 Å². The number of aromatic nitrogens is 1. The number of nitrogens with zero attached hydrogens (tertiary/aromatic N) is 1. The van der Waals surface area contributed by atoms with Crippen LogP contribution in [-0.4, -0.2) is 4.98 Å². The highest BCUT2D eigenvalue weighted by Crippen LogP contribution is 2.24. The van der Waals surface area contributed by atoms with Gasteiger partial charge in [-0.2, -0.15) is 0 Å². The molecule has 2 nitrogen and oxygen atoms in total.